The van der Waals surface area contributed by atoms with Gasteiger partial charge in [0.2, 0.25) is 10.0 Å². The molecule has 0 aromatic heterocycles. The fraction of sp³-hybridized carbons (Fsp3) is 0.650. The molecule has 3 heterocycles. The minimum Gasteiger partial charge on any atom is -0.347 e. The summed E-state index contributed by atoms with van der Waals surface area (Å²) in [6.45, 7) is 5.23. The van der Waals surface area contributed by atoms with Crippen LogP contribution in [0, 0.1) is 6.92 Å². The number of likely N-dealkylation sites (tertiary alicyclic amines) is 1. The monoisotopic (exact) mass is 408 g/mol. The van der Waals surface area contributed by atoms with Gasteiger partial charge < -0.3 is 14.4 Å². The van der Waals surface area contributed by atoms with Crippen molar-refractivity contribution >= 4 is 15.9 Å². The third-order valence-electron chi connectivity index (χ3n) is 6.02. The molecule has 0 saturated carbocycles. The summed E-state index contributed by atoms with van der Waals surface area (Å²) in [4.78, 5) is 15.1. The number of hydrogen-bond acceptors (Lipinski definition) is 5. The standard InChI is InChI=1S/C20H28N2O5S/c1-16-5-6-17(28(24,25)22-9-3-2-4-10-22)15-18(16)19(23)21-11-7-20(8-12-21)26-13-14-27-20/h5-6,15H,2-4,7-14H2,1H3. The molecule has 3 fully saturated rings. The molecule has 0 N–H and O–H groups in total. The van der Waals surface area contributed by atoms with Crippen molar-refractivity contribution in [3.05, 3.63) is 29.3 Å². The van der Waals surface area contributed by atoms with Crippen molar-refractivity contribution in [3.8, 4) is 0 Å². The summed E-state index contributed by atoms with van der Waals surface area (Å²) in [5.41, 5.74) is 1.25. The maximum atomic E-state index is 13.1. The molecule has 1 aromatic rings. The van der Waals surface area contributed by atoms with E-state index in [1.807, 2.05) is 6.92 Å². The van der Waals surface area contributed by atoms with Crippen LogP contribution in [0.25, 0.3) is 0 Å². The maximum absolute atomic E-state index is 13.1. The van der Waals surface area contributed by atoms with Gasteiger partial charge in [-0.2, -0.15) is 4.31 Å². The van der Waals surface area contributed by atoms with Gasteiger partial charge in [-0.1, -0.05) is 12.5 Å². The molecule has 0 atom stereocenters. The Bertz CT molecular complexity index is 832. The predicted molar refractivity (Wildman–Crippen MR) is 104 cm³/mol. The molecule has 3 saturated heterocycles. The van der Waals surface area contributed by atoms with E-state index in [4.69, 9.17) is 9.47 Å². The van der Waals surface area contributed by atoms with Gasteiger partial charge in [0, 0.05) is 44.6 Å². The first-order valence-electron chi connectivity index (χ1n) is 10.1. The quantitative estimate of drug-likeness (QED) is 0.766. The second kappa shape index (κ2) is 7.74. The minimum atomic E-state index is -3.56. The van der Waals surface area contributed by atoms with E-state index in [9.17, 15) is 13.2 Å². The molecule has 4 rings (SSSR count). The summed E-state index contributed by atoms with van der Waals surface area (Å²) in [5.74, 6) is -0.660. The van der Waals surface area contributed by atoms with E-state index >= 15 is 0 Å². The number of aryl methyl sites for hydroxylation is 1. The van der Waals surface area contributed by atoms with Crippen LogP contribution in [-0.2, 0) is 19.5 Å². The molecule has 3 aliphatic rings. The lowest BCUT2D eigenvalue weighted by Crippen LogP contribution is -2.47. The van der Waals surface area contributed by atoms with Gasteiger partial charge in [-0.25, -0.2) is 8.42 Å². The third kappa shape index (κ3) is 3.70. The lowest BCUT2D eigenvalue weighted by Gasteiger charge is -2.37. The maximum Gasteiger partial charge on any atom is 0.254 e. The van der Waals surface area contributed by atoms with E-state index in [1.54, 1.807) is 23.1 Å². The first kappa shape index (κ1) is 19.8. The fourth-order valence-corrected chi connectivity index (χ4v) is 5.80. The van der Waals surface area contributed by atoms with E-state index in [0.717, 1.165) is 24.8 Å². The van der Waals surface area contributed by atoms with Crippen LogP contribution in [-0.4, -0.2) is 68.7 Å². The normalized spacial score (nSPS) is 23.2. The van der Waals surface area contributed by atoms with Gasteiger partial charge in [-0.3, -0.25) is 4.79 Å². The van der Waals surface area contributed by atoms with E-state index in [-0.39, 0.29) is 10.8 Å². The number of hydrogen-bond donors (Lipinski definition) is 0. The predicted octanol–water partition coefficient (Wildman–Crippen LogP) is 2.15. The van der Waals surface area contributed by atoms with Crippen LogP contribution in [0.4, 0.5) is 0 Å². The van der Waals surface area contributed by atoms with Crippen LogP contribution >= 0.6 is 0 Å². The zero-order chi connectivity index (χ0) is 19.8. The van der Waals surface area contributed by atoms with Crippen LogP contribution in [0.5, 0.6) is 0 Å². The first-order valence-corrected chi connectivity index (χ1v) is 11.5. The molecule has 0 unspecified atom stereocenters. The first-order chi connectivity index (χ1) is 13.4. The van der Waals surface area contributed by atoms with Crippen LogP contribution in [0.2, 0.25) is 0 Å². The molecular weight excluding hydrogens is 380 g/mol. The van der Waals surface area contributed by atoms with Gasteiger partial charge in [0.15, 0.2) is 5.79 Å². The Morgan fingerprint density at radius 1 is 1.00 bits per heavy atom. The molecule has 3 aliphatic heterocycles. The summed E-state index contributed by atoms with van der Waals surface area (Å²) >= 11 is 0. The van der Waals surface area contributed by atoms with Crippen molar-refractivity contribution in [1.29, 1.82) is 0 Å². The Morgan fingerprint density at radius 2 is 1.64 bits per heavy atom. The number of amides is 1. The second-order valence-electron chi connectivity index (χ2n) is 7.84. The highest BCUT2D eigenvalue weighted by Crippen LogP contribution is 2.32. The number of sulfonamides is 1. The van der Waals surface area contributed by atoms with Crippen molar-refractivity contribution in [2.75, 3.05) is 39.4 Å². The second-order valence-corrected chi connectivity index (χ2v) is 9.78. The number of rotatable bonds is 3. The van der Waals surface area contributed by atoms with E-state index in [1.165, 1.54) is 4.31 Å². The average Bonchev–Trinajstić information content (AvgIpc) is 3.17. The van der Waals surface area contributed by atoms with Crippen LogP contribution in [0.1, 0.15) is 48.0 Å². The average molecular weight is 409 g/mol. The summed E-state index contributed by atoms with van der Waals surface area (Å²) < 4.78 is 39.0. The summed E-state index contributed by atoms with van der Waals surface area (Å²) in [5, 5.41) is 0. The van der Waals surface area contributed by atoms with Gasteiger partial charge in [0.05, 0.1) is 18.1 Å². The number of benzene rings is 1. The van der Waals surface area contributed by atoms with Gasteiger partial charge in [-0.05, 0) is 37.5 Å². The number of piperidine rings is 2. The van der Waals surface area contributed by atoms with Gasteiger partial charge >= 0.3 is 0 Å². The van der Waals surface area contributed by atoms with Gasteiger partial charge in [0.25, 0.3) is 5.91 Å². The largest absolute Gasteiger partial charge is 0.347 e. The fourth-order valence-electron chi connectivity index (χ4n) is 4.25. The Hall–Kier alpha value is -1.48. The summed E-state index contributed by atoms with van der Waals surface area (Å²) in [6.07, 6.45) is 4.12. The number of carbonyl (C=O) groups excluding carboxylic acids is 1. The van der Waals surface area contributed by atoms with Crippen molar-refractivity contribution in [2.45, 2.75) is 49.7 Å². The Kier molecular flexibility index (Phi) is 5.48. The number of ether oxygens (including phenoxy) is 2. The number of nitrogens with zero attached hydrogens (tertiary/aromatic N) is 2. The third-order valence-corrected chi connectivity index (χ3v) is 7.91. The Labute approximate surface area is 166 Å². The van der Waals surface area contributed by atoms with Crippen molar-refractivity contribution < 1.29 is 22.7 Å². The molecule has 0 aliphatic carbocycles. The Morgan fingerprint density at radius 3 is 2.29 bits per heavy atom. The zero-order valence-corrected chi connectivity index (χ0v) is 17.2. The van der Waals surface area contributed by atoms with Crippen molar-refractivity contribution in [2.24, 2.45) is 0 Å². The van der Waals surface area contributed by atoms with E-state index in [2.05, 4.69) is 0 Å². The smallest absolute Gasteiger partial charge is 0.254 e. The highest BCUT2D eigenvalue weighted by atomic mass is 32.2. The molecular formula is C20H28N2O5S. The molecule has 1 aromatic carbocycles. The lowest BCUT2D eigenvalue weighted by atomic mass is 10.0. The van der Waals surface area contributed by atoms with Crippen LogP contribution in [0.15, 0.2) is 23.1 Å². The molecule has 0 radical (unpaired) electrons. The summed E-state index contributed by atoms with van der Waals surface area (Å²) in [6, 6.07) is 4.90. The van der Waals surface area contributed by atoms with Crippen LogP contribution < -0.4 is 0 Å². The van der Waals surface area contributed by atoms with Crippen molar-refractivity contribution in [3.63, 3.8) is 0 Å². The zero-order valence-electron chi connectivity index (χ0n) is 16.4. The van der Waals surface area contributed by atoms with Crippen molar-refractivity contribution in [1.82, 2.24) is 9.21 Å². The lowest BCUT2D eigenvalue weighted by molar-refractivity contribution is -0.181. The van der Waals surface area contributed by atoms with Gasteiger partial charge in [0.1, 0.15) is 0 Å². The SMILES string of the molecule is Cc1ccc(S(=O)(=O)N2CCCCC2)cc1C(=O)N1CCC2(CC1)OCCO2. The topological polar surface area (TPSA) is 76.2 Å². The molecule has 7 nitrogen and oxygen atoms in total. The van der Waals surface area contributed by atoms with Crippen LogP contribution in [0.3, 0.4) is 0 Å². The molecule has 154 valence electrons. The Balaban J connectivity index is 1.53. The summed E-state index contributed by atoms with van der Waals surface area (Å²) in [7, 11) is -3.56. The molecule has 28 heavy (non-hydrogen) atoms. The number of carbonyl (C=O) groups is 1. The molecule has 1 amide bonds. The highest BCUT2D eigenvalue weighted by Gasteiger charge is 2.41. The highest BCUT2D eigenvalue weighted by molar-refractivity contribution is 7.89. The molecule has 1 spiro atoms. The molecule has 0 bridgehead atoms. The minimum absolute atomic E-state index is 0.124. The van der Waals surface area contributed by atoms with E-state index in [0.29, 0.717) is 57.8 Å². The van der Waals surface area contributed by atoms with Gasteiger partial charge in [-0.15, -0.1) is 0 Å². The van der Waals surface area contributed by atoms with E-state index < -0.39 is 15.8 Å². The molecule has 8 heteroatoms.